The number of aromatic amines is 1. The zero-order chi connectivity index (χ0) is 12.7. The minimum absolute atomic E-state index is 0.00681. The summed E-state index contributed by atoms with van der Waals surface area (Å²) in [5.41, 5.74) is 1.76. The average Bonchev–Trinajstić information content (AvgIpc) is 2.94. The van der Waals surface area contributed by atoms with E-state index >= 15 is 0 Å². The lowest BCUT2D eigenvalue weighted by molar-refractivity contribution is 0.0766. The first kappa shape index (κ1) is 11.9. The lowest BCUT2D eigenvalue weighted by Crippen LogP contribution is -2.21. The molecule has 0 bridgehead atoms. The Hall–Kier alpha value is -1.13. The van der Waals surface area contributed by atoms with Gasteiger partial charge < -0.3 is 9.72 Å². The van der Waals surface area contributed by atoms with Crippen LogP contribution in [0, 0.1) is 5.92 Å². The van der Waals surface area contributed by atoms with Crippen LogP contribution >= 0.6 is 15.9 Å². The van der Waals surface area contributed by atoms with E-state index in [9.17, 15) is 4.79 Å². The molecule has 4 heteroatoms. The predicted molar refractivity (Wildman–Crippen MR) is 73.9 cm³/mol. The number of halogens is 1. The van der Waals surface area contributed by atoms with Crippen molar-refractivity contribution in [1.29, 1.82) is 0 Å². The first-order valence-electron chi connectivity index (χ1n) is 6.09. The predicted octanol–water partition coefficient (Wildman–Crippen LogP) is 3.54. The molecule has 94 valence electrons. The highest BCUT2D eigenvalue weighted by molar-refractivity contribution is 9.10. The quantitative estimate of drug-likeness (QED) is 0.862. The third-order valence-electron chi connectivity index (χ3n) is 3.62. The van der Waals surface area contributed by atoms with Gasteiger partial charge in [0, 0.05) is 33.7 Å². The van der Waals surface area contributed by atoms with Crippen molar-refractivity contribution in [2.24, 2.45) is 5.92 Å². The van der Waals surface area contributed by atoms with Gasteiger partial charge in [-0.3, -0.25) is 4.79 Å². The van der Waals surface area contributed by atoms with Crippen molar-refractivity contribution in [2.45, 2.75) is 19.4 Å². The Bertz CT molecular complexity index is 605. The van der Waals surface area contributed by atoms with Crippen LogP contribution in [-0.2, 0) is 4.74 Å². The minimum Gasteiger partial charge on any atom is -0.378 e. The number of fused-ring (bicyclic) bond motifs is 1. The summed E-state index contributed by atoms with van der Waals surface area (Å²) in [6.45, 7) is 2.66. The first-order chi connectivity index (χ1) is 8.66. The molecule has 1 aromatic carbocycles. The molecular weight excluding hydrogens is 294 g/mol. The van der Waals surface area contributed by atoms with Gasteiger partial charge in [-0.25, -0.2) is 0 Å². The van der Waals surface area contributed by atoms with Crippen LogP contribution in [0.25, 0.3) is 10.9 Å². The number of carbonyl (C=O) groups is 1. The molecule has 1 N–H and O–H groups in total. The molecular formula is C14H14BrNO2. The summed E-state index contributed by atoms with van der Waals surface area (Å²) in [6.07, 6.45) is 2.66. The largest absolute Gasteiger partial charge is 0.378 e. The standard InChI is InChI=1S/C14H14BrNO2/c1-8-10(4-5-18-8)14(17)12-7-16-13-6-9(15)2-3-11(12)13/h2-3,6-8,10,16H,4-5H2,1H3. The van der Waals surface area contributed by atoms with Crippen molar-refractivity contribution >= 4 is 32.6 Å². The molecule has 2 aromatic rings. The van der Waals surface area contributed by atoms with E-state index in [2.05, 4.69) is 20.9 Å². The van der Waals surface area contributed by atoms with Gasteiger partial charge >= 0.3 is 0 Å². The monoisotopic (exact) mass is 307 g/mol. The Kier molecular flexibility index (Phi) is 2.99. The molecule has 1 aromatic heterocycles. The molecule has 1 saturated heterocycles. The second-order valence-corrected chi connectivity index (χ2v) is 5.64. The summed E-state index contributed by atoms with van der Waals surface area (Å²) in [6, 6.07) is 5.92. The van der Waals surface area contributed by atoms with Crippen LogP contribution in [-0.4, -0.2) is 23.5 Å². The number of H-pyrrole nitrogens is 1. The summed E-state index contributed by atoms with van der Waals surface area (Å²) >= 11 is 3.43. The Labute approximate surface area is 114 Å². The molecule has 0 radical (unpaired) electrons. The Morgan fingerprint density at radius 1 is 1.50 bits per heavy atom. The lowest BCUT2D eigenvalue weighted by Gasteiger charge is -2.11. The summed E-state index contributed by atoms with van der Waals surface area (Å²) in [5, 5.41) is 0.988. The van der Waals surface area contributed by atoms with Gasteiger partial charge in [0.15, 0.2) is 5.78 Å². The van der Waals surface area contributed by atoms with E-state index in [0.29, 0.717) is 6.61 Å². The van der Waals surface area contributed by atoms with Gasteiger partial charge in [-0.1, -0.05) is 22.0 Å². The summed E-state index contributed by atoms with van der Waals surface area (Å²) < 4.78 is 6.49. The van der Waals surface area contributed by atoms with Crippen molar-refractivity contribution < 1.29 is 9.53 Å². The Morgan fingerprint density at radius 3 is 3.06 bits per heavy atom. The van der Waals surface area contributed by atoms with Crippen LogP contribution in [0.3, 0.4) is 0 Å². The molecule has 3 rings (SSSR count). The summed E-state index contributed by atoms with van der Waals surface area (Å²) in [7, 11) is 0. The molecule has 2 atom stereocenters. The van der Waals surface area contributed by atoms with Gasteiger partial charge in [-0.2, -0.15) is 0 Å². The highest BCUT2D eigenvalue weighted by Gasteiger charge is 2.32. The maximum absolute atomic E-state index is 12.5. The highest BCUT2D eigenvalue weighted by Crippen LogP contribution is 2.29. The van der Waals surface area contributed by atoms with E-state index < -0.39 is 0 Å². The summed E-state index contributed by atoms with van der Waals surface area (Å²) in [4.78, 5) is 15.7. The SMILES string of the molecule is CC1OCCC1C(=O)c1c[nH]c2cc(Br)ccc12. The van der Waals surface area contributed by atoms with Crippen LogP contribution in [0.15, 0.2) is 28.9 Å². The van der Waals surface area contributed by atoms with Crippen molar-refractivity contribution in [3.8, 4) is 0 Å². The van der Waals surface area contributed by atoms with Crippen LogP contribution in [0.1, 0.15) is 23.7 Å². The van der Waals surface area contributed by atoms with E-state index in [1.165, 1.54) is 0 Å². The van der Waals surface area contributed by atoms with E-state index in [-0.39, 0.29) is 17.8 Å². The van der Waals surface area contributed by atoms with Crippen LogP contribution < -0.4 is 0 Å². The van der Waals surface area contributed by atoms with Gasteiger partial charge in [0.05, 0.1) is 12.0 Å². The fourth-order valence-electron chi connectivity index (χ4n) is 2.58. The van der Waals surface area contributed by atoms with Gasteiger partial charge in [-0.15, -0.1) is 0 Å². The van der Waals surface area contributed by atoms with Crippen molar-refractivity contribution in [3.05, 3.63) is 34.4 Å². The maximum atomic E-state index is 12.5. The smallest absolute Gasteiger partial charge is 0.170 e. The van der Waals surface area contributed by atoms with Crippen LogP contribution in [0.2, 0.25) is 0 Å². The highest BCUT2D eigenvalue weighted by atomic mass is 79.9. The molecule has 1 aliphatic heterocycles. The number of Topliss-reactive ketones (excluding diaryl/α,β-unsaturated/α-hetero) is 1. The first-order valence-corrected chi connectivity index (χ1v) is 6.88. The molecule has 0 aliphatic carbocycles. The topological polar surface area (TPSA) is 42.1 Å². The number of aromatic nitrogens is 1. The fourth-order valence-corrected chi connectivity index (χ4v) is 2.94. The second-order valence-electron chi connectivity index (χ2n) is 4.73. The van der Waals surface area contributed by atoms with Crippen molar-refractivity contribution in [1.82, 2.24) is 4.98 Å². The molecule has 1 fully saturated rings. The molecule has 2 unspecified atom stereocenters. The molecule has 1 aliphatic rings. The molecule has 18 heavy (non-hydrogen) atoms. The van der Waals surface area contributed by atoms with Crippen molar-refractivity contribution in [2.75, 3.05) is 6.61 Å². The minimum atomic E-state index is -0.00681. The lowest BCUT2D eigenvalue weighted by atomic mass is 9.92. The maximum Gasteiger partial charge on any atom is 0.170 e. The fraction of sp³-hybridized carbons (Fsp3) is 0.357. The third kappa shape index (κ3) is 1.89. The van der Waals surface area contributed by atoms with Crippen LogP contribution in [0.5, 0.6) is 0 Å². The number of rotatable bonds is 2. The molecule has 2 heterocycles. The second kappa shape index (κ2) is 4.52. The molecule has 0 amide bonds. The Balaban J connectivity index is 2.01. The van der Waals surface area contributed by atoms with E-state index in [1.54, 1.807) is 0 Å². The zero-order valence-corrected chi connectivity index (χ0v) is 11.7. The van der Waals surface area contributed by atoms with E-state index in [4.69, 9.17) is 4.74 Å². The molecule has 3 nitrogen and oxygen atoms in total. The van der Waals surface area contributed by atoms with Gasteiger partial charge in [0.2, 0.25) is 0 Å². The van der Waals surface area contributed by atoms with Gasteiger partial charge in [0.1, 0.15) is 0 Å². The number of benzene rings is 1. The number of ketones is 1. The number of carbonyl (C=O) groups excluding carboxylic acids is 1. The number of hydrogen-bond donors (Lipinski definition) is 1. The van der Waals surface area contributed by atoms with Gasteiger partial charge in [0.25, 0.3) is 0 Å². The number of hydrogen-bond acceptors (Lipinski definition) is 2. The number of nitrogens with one attached hydrogen (secondary N) is 1. The third-order valence-corrected chi connectivity index (χ3v) is 4.12. The normalized spacial score (nSPS) is 23.7. The summed E-state index contributed by atoms with van der Waals surface area (Å²) in [5.74, 6) is 0.182. The molecule has 0 saturated carbocycles. The van der Waals surface area contributed by atoms with E-state index in [0.717, 1.165) is 27.4 Å². The van der Waals surface area contributed by atoms with Crippen molar-refractivity contribution in [3.63, 3.8) is 0 Å². The van der Waals surface area contributed by atoms with Gasteiger partial charge in [-0.05, 0) is 25.5 Å². The number of ether oxygens (including phenoxy) is 1. The van der Waals surface area contributed by atoms with Crippen LogP contribution in [0.4, 0.5) is 0 Å². The molecule has 0 spiro atoms. The Morgan fingerprint density at radius 2 is 2.33 bits per heavy atom. The average molecular weight is 308 g/mol. The van der Waals surface area contributed by atoms with E-state index in [1.807, 2.05) is 31.3 Å². The zero-order valence-electron chi connectivity index (χ0n) is 10.1.